The third kappa shape index (κ3) is 2.98. The van der Waals surface area contributed by atoms with Crippen molar-refractivity contribution >= 4 is 0 Å². The highest BCUT2D eigenvalue weighted by Gasteiger charge is 2.17. The van der Waals surface area contributed by atoms with Gasteiger partial charge in [-0.3, -0.25) is 0 Å². The molecule has 1 N–H and O–H groups in total. The molecule has 5 nitrogen and oxygen atoms in total. The van der Waals surface area contributed by atoms with Crippen molar-refractivity contribution in [2.24, 2.45) is 5.92 Å². The van der Waals surface area contributed by atoms with E-state index in [4.69, 9.17) is 0 Å². The van der Waals surface area contributed by atoms with Crippen LogP contribution in [-0.2, 0) is 6.42 Å². The molecule has 3 rings (SSSR count). The smallest absolute Gasteiger partial charge is 0.157 e. The Bertz CT molecular complexity index is 500. The summed E-state index contributed by atoms with van der Waals surface area (Å²) in [7, 11) is 0. The van der Waals surface area contributed by atoms with Crippen LogP contribution in [0.3, 0.4) is 0 Å². The van der Waals surface area contributed by atoms with Gasteiger partial charge in [0.15, 0.2) is 5.82 Å². The summed E-state index contributed by atoms with van der Waals surface area (Å²) in [6, 6.07) is 10.1. The van der Waals surface area contributed by atoms with Crippen LogP contribution in [0, 0.1) is 5.92 Å². The molecule has 0 saturated carbocycles. The largest absolute Gasteiger partial charge is 0.316 e. The molecule has 1 aromatic carbocycles. The first-order chi connectivity index (χ1) is 9.43. The van der Waals surface area contributed by atoms with Gasteiger partial charge < -0.3 is 5.32 Å². The minimum Gasteiger partial charge on any atom is -0.316 e. The average Bonchev–Trinajstić information content (AvgIpc) is 2.75. The monoisotopic (exact) mass is 257 g/mol. The van der Waals surface area contributed by atoms with Crippen molar-refractivity contribution in [3.05, 3.63) is 36.2 Å². The summed E-state index contributed by atoms with van der Waals surface area (Å²) in [5, 5.41) is 15.6. The van der Waals surface area contributed by atoms with Gasteiger partial charge in [-0.25, -0.2) is 0 Å². The molecule has 1 saturated heterocycles. The van der Waals surface area contributed by atoms with Crippen molar-refractivity contribution in [1.29, 1.82) is 0 Å². The first kappa shape index (κ1) is 12.3. The zero-order valence-electron chi connectivity index (χ0n) is 11.0. The van der Waals surface area contributed by atoms with E-state index in [1.165, 1.54) is 19.3 Å². The van der Waals surface area contributed by atoms with Crippen LogP contribution in [0.25, 0.3) is 5.69 Å². The SMILES string of the molecule is c1ccc(-n2nnnc2CC2CCCCNC2)cc1. The zero-order chi connectivity index (χ0) is 12.9. The van der Waals surface area contributed by atoms with Gasteiger partial charge in [-0.2, -0.15) is 4.68 Å². The molecule has 1 aliphatic heterocycles. The van der Waals surface area contributed by atoms with Crippen LogP contribution in [-0.4, -0.2) is 33.3 Å². The maximum Gasteiger partial charge on any atom is 0.157 e. The van der Waals surface area contributed by atoms with Crippen LogP contribution in [0.1, 0.15) is 25.1 Å². The predicted octanol–water partition coefficient (Wildman–Crippen LogP) is 1.59. The molecule has 19 heavy (non-hydrogen) atoms. The van der Waals surface area contributed by atoms with Crippen LogP contribution in [0.2, 0.25) is 0 Å². The van der Waals surface area contributed by atoms with E-state index in [-0.39, 0.29) is 0 Å². The molecule has 1 aromatic heterocycles. The average molecular weight is 257 g/mol. The third-order valence-corrected chi connectivity index (χ3v) is 3.66. The fourth-order valence-corrected chi connectivity index (χ4v) is 2.63. The number of para-hydroxylation sites is 1. The molecule has 2 heterocycles. The summed E-state index contributed by atoms with van der Waals surface area (Å²) in [6.45, 7) is 2.21. The van der Waals surface area contributed by atoms with E-state index in [0.717, 1.165) is 31.0 Å². The van der Waals surface area contributed by atoms with Gasteiger partial charge in [0, 0.05) is 6.42 Å². The number of nitrogens with one attached hydrogen (secondary N) is 1. The Morgan fingerprint density at radius 3 is 3.00 bits per heavy atom. The number of rotatable bonds is 3. The quantitative estimate of drug-likeness (QED) is 0.907. The third-order valence-electron chi connectivity index (χ3n) is 3.66. The number of hydrogen-bond acceptors (Lipinski definition) is 4. The van der Waals surface area contributed by atoms with Crippen molar-refractivity contribution in [2.45, 2.75) is 25.7 Å². The number of aromatic nitrogens is 4. The Kier molecular flexibility index (Phi) is 3.83. The summed E-state index contributed by atoms with van der Waals surface area (Å²) in [5.41, 5.74) is 1.03. The molecule has 0 aliphatic carbocycles. The highest BCUT2D eigenvalue weighted by Crippen LogP contribution is 2.17. The van der Waals surface area contributed by atoms with Gasteiger partial charge in [-0.1, -0.05) is 24.6 Å². The summed E-state index contributed by atoms with van der Waals surface area (Å²) < 4.78 is 1.85. The van der Waals surface area contributed by atoms with Crippen LogP contribution in [0.4, 0.5) is 0 Å². The van der Waals surface area contributed by atoms with Crippen LogP contribution in [0.15, 0.2) is 30.3 Å². The first-order valence-corrected chi connectivity index (χ1v) is 6.97. The van der Waals surface area contributed by atoms with Gasteiger partial charge in [0.05, 0.1) is 5.69 Å². The van der Waals surface area contributed by atoms with E-state index >= 15 is 0 Å². The molecule has 0 amide bonds. The predicted molar refractivity (Wildman–Crippen MR) is 73.1 cm³/mol. The topological polar surface area (TPSA) is 55.6 Å². The zero-order valence-corrected chi connectivity index (χ0v) is 11.0. The normalized spacial score (nSPS) is 20.1. The Morgan fingerprint density at radius 2 is 2.11 bits per heavy atom. The summed E-state index contributed by atoms with van der Waals surface area (Å²) in [5.74, 6) is 1.59. The molecular formula is C14H19N5. The molecule has 1 aliphatic rings. The van der Waals surface area contributed by atoms with Crippen LogP contribution < -0.4 is 5.32 Å². The lowest BCUT2D eigenvalue weighted by atomic mass is 9.99. The molecule has 0 bridgehead atoms. The van der Waals surface area contributed by atoms with E-state index in [9.17, 15) is 0 Å². The van der Waals surface area contributed by atoms with Crippen molar-refractivity contribution in [1.82, 2.24) is 25.5 Å². The number of hydrogen-bond donors (Lipinski definition) is 1. The van der Waals surface area contributed by atoms with Gasteiger partial charge in [-0.15, -0.1) is 5.10 Å². The van der Waals surface area contributed by atoms with Crippen molar-refractivity contribution in [3.63, 3.8) is 0 Å². The number of nitrogens with zero attached hydrogens (tertiary/aromatic N) is 4. The molecular weight excluding hydrogens is 238 g/mol. The second-order valence-electron chi connectivity index (χ2n) is 5.11. The lowest BCUT2D eigenvalue weighted by Gasteiger charge is -2.13. The summed E-state index contributed by atoms with van der Waals surface area (Å²) in [4.78, 5) is 0. The maximum atomic E-state index is 4.19. The second kappa shape index (κ2) is 5.93. The van der Waals surface area contributed by atoms with Gasteiger partial charge in [-0.05, 0) is 54.4 Å². The van der Waals surface area contributed by atoms with E-state index in [1.807, 2.05) is 35.0 Å². The lowest BCUT2D eigenvalue weighted by molar-refractivity contribution is 0.462. The first-order valence-electron chi connectivity index (χ1n) is 6.97. The van der Waals surface area contributed by atoms with Gasteiger partial charge in [0.2, 0.25) is 0 Å². The van der Waals surface area contributed by atoms with E-state index in [1.54, 1.807) is 0 Å². The standard InChI is InChI=1S/C14H19N5/c1-2-7-13(8-3-1)19-14(16-17-18-19)10-12-6-4-5-9-15-11-12/h1-3,7-8,12,15H,4-6,9-11H2. The molecule has 0 radical (unpaired) electrons. The van der Waals surface area contributed by atoms with Gasteiger partial charge in [0.1, 0.15) is 0 Å². The summed E-state index contributed by atoms with van der Waals surface area (Å²) in [6.07, 6.45) is 4.77. The fourth-order valence-electron chi connectivity index (χ4n) is 2.63. The maximum absolute atomic E-state index is 4.19. The molecule has 1 atom stereocenters. The minimum absolute atomic E-state index is 0.635. The lowest BCUT2D eigenvalue weighted by Crippen LogP contribution is -2.23. The van der Waals surface area contributed by atoms with Crippen LogP contribution in [0.5, 0.6) is 0 Å². The minimum atomic E-state index is 0.635. The molecule has 100 valence electrons. The van der Waals surface area contributed by atoms with Crippen molar-refractivity contribution < 1.29 is 0 Å². The number of benzene rings is 1. The molecule has 1 fully saturated rings. The molecule has 2 aromatic rings. The molecule has 0 spiro atoms. The van der Waals surface area contributed by atoms with Crippen molar-refractivity contribution in [3.8, 4) is 5.69 Å². The Labute approximate surface area is 113 Å². The van der Waals surface area contributed by atoms with E-state index in [0.29, 0.717) is 5.92 Å². The van der Waals surface area contributed by atoms with Gasteiger partial charge in [0.25, 0.3) is 0 Å². The van der Waals surface area contributed by atoms with Crippen molar-refractivity contribution in [2.75, 3.05) is 13.1 Å². The van der Waals surface area contributed by atoms with Crippen LogP contribution >= 0.6 is 0 Å². The molecule has 5 heteroatoms. The fraction of sp³-hybridized carbons (Fsp3) is 0.500. The Balaban J connectivity index is 1.76. The van der Waals surface area contributed by atoms with E-state index < -0.39 is 0 Å². The highest BCUT2D eigenvalue weighted by atomic mass is 15.5. The Morgan fingerprint density at radius 1 is 1.21 bits per heavy atom. The second-order valence-corrected chi connectivity index (χ2v) is 5.11. The van der Waals surface area contributed by atoms with E-state index in [2.05, 4.69) is 20.8 Å². The van der Waals surface area contributed by atoms with Gasteiger partial charge >= 0.3 is 0 Å². The molecule has 1 unspecified atom stereocenters. The number of tetrazole rings is 1. The highest BCUT2D eigenvalue weighted by molar-refractivity contribution is 5.30. The summed E-state index contributed by atoms with van der Waals surface area (Å²) >= 11 is 0. The Hall–Kier alpha value is -1.75.